The normalized spacial score (nSPS) is 10.3. The number of aromatic nitrogens is 2. The molecule has 3 aromatic rings. The van der Waals surface area contributed by atoms with Gasteiger partial charge in [-0.15, -0.1) is 11.3 Å². The van der Waals surface area contributed by atoms with Crippen molar-refractivity contribution < 1.29 is 9.53 Å². The minimum Gasteiger partial charge on any atom is -0.484 e. The average molecular weight is 325 g/mol. The van der Waals surface area contributed by atoms with Crippen LogP contribution in [0.1, 0.15) is 5.56 Å². The molecular weight excluding hydrogens is 310 g/mol. The first-order valence-corrected chi connectivity index (χ1v) is 7.95. The van der Waals surface area contributed by atoms with E-state index in [9.17, 15) is 4.79 Å². The van der Waals surface area contributed by atoms with Crippen molar-refractivity contribution in [1.29, 1.82) is 0 Å². The highest BCUT2D eigenvalue weighted by Gasteiger charge is 2.21. The molecule has 3 rings (SSSR count). The number of rotatable bonds is 5. The number of benzene rings is 1. The van der Waals surface area contributed by atoms with Gasteiger partial charge in [0.25, 0.3) is 5.91 Å². The molecule has 0 atom stereocenters. The van der Waals surface area contributed by atoms with Gasteiger partial charge in [-0.2, -0.15) is 0 Å². The third kappa shape index (κ3) is 3.73. The van der Waals surface area contributed by atoms with Crippen LogP contribution in [-0.4, -0.2) is 22.5 Å². The number of pyridine rings is 1. The van der Waals surface area contributed by atoms with E-state index in [1.54, 1.807) is 24.5 Å². The number of amides is 1. The number of hydrogen-bond donors (Lipinski definition) is 0. The minimum absolute atomic E-state index is 0.0841. The van der Waals surface area contributed by atoms with Gasteiger partial charge in [-0.25, -0.2) is 14.9 Å². The number of aryl methyl sites for hydroxylation is 1. The number of ether oxygens (including phenoxy) is 1. The Kier molecular flexibility index (Phi) is 4.63. The Balaban J connectivity index is 1.77. The fourth-order valence-corrected chi connectivity index (χ4v) is 2.65. The first-order chi connectivity index (χ1) is 11.2. The topological polar surface area (TPSA) is 55.3 Å². The van der Waals surface area contributed by atoms with E-state index in [4.69, 9.17) is 4.74 Å². The maximum atomic E-state index is 12.6. The number of anilines is 2. The van der Waals surface area contributed by atoms with Crippen molar-refractivity contribution in [3.8, 4) is 5.75 Å². The Morgan fingerprint density at radius 1 is 1.13 bits per heavy atom. The molecule has 0 radical (unpaired) electrons. The summed E-state index contributed by atoms with van der Waals surface area (Å²) in [7, 11) is 0. The van der Waals surface area contributed by atoms with Crippen LogP contribution in [0.5, 0.6) is 5.75 Å². The van der Waals surface area contributed by atoms with Crippen molar-refractivity contribution >= 4 is 28.2 Å². The fourth-order valence-electron chi connectivity index (χ4n) is 1.99. The highest BCUT2D eigenvalue weighted by atomic mass is 32.1. The molecule has 116 valence electrons. The lowest BCUT2D eigenvalue weighted by Gasteiger charge is -2.18. The van der Waals surface area contributed by atoms with Crippen LogP contribution in [0.4, 0.5) is 10.9 Å². The highest BCUT2D eigenvalue weighted by Crippen LogP contribution is 2.25. The van der Waals surface area contributed by atoms with Crippen molar-refractivity contribution in [2.45, 2.75) is 6.92 Å². The van der Waals surface area contributed by atoms with Crippen LogP contribution in [0.2, 0.25) is 0 Å². The Labute approximate surface area is 138 Å². The predicted octanol–water partition coefficient (Wildman–Crippen LogP) is 3.59. The van der Waals surface area contributed by atoms with Gasteiger partial charge in [-0.1, -0.05) is 23.8 Å². The molecule has 2 aromatic heterocycles. The van der Waals surface area contributed by atoms with Crippen molar-refractivity contribution in [3.05, 3.63) is 65.8 Å². The standard InChI is InChI=1S/C17H15N3O2S/c1-13-5-7-14(8-6-13)22-12-16(21)20(17-19-10-11-23-17)15-4-2-3-9-18-15/h2-11H,12H2,1H3. The molecule has 0 saturated carbocycles. The molecule has 0 saturated heterocycles. The zero-order chi connectivity index (χ0) is 16.1. The van der Waals surface area contributed by atoms with Crippen LogP contribution >= 0.6 is 11.3 Å². The summed E-state index contributed by atoms with van der Waals surface area (Å²) in [5.74, 6) is 0.961. The molecule has 0 bridgehead atoms. The maximum absolute atomic E-state index is 12.6. The maximum Gasteiger partial charge on any atom is 0.272 e. The van der Waals surface area contributed by atoms with Crippen LogP contribution < -0.4 is 9.64 Å². The average Bonchev–Trinajstić information content (AvgIpc) is 3.10. The molecule has 1 amide bonds. The monoisotopic (exact) mass is 325 g/mol. The van der Waals surface area contributed by atoms with Crippen LogP contribution in [-0.2, 0) is 4.79 Å². The Bertz CT molecular complexity index is 758. The molecule has 0 aliphatic rings. The zero-order valence-electron chi connectivity index (χ0n) is 12.5. The Hall–Kier alpha value is -2.73. The smallest absolute Gasteiger partial charge is 0.272 e. The highest BCUT2D eigenvalue weighted by molar-refractivity contribution is 7.13. The second-order valence-corrected chi connectivity index (χ2v) is 5.71. The summed E-state index contributed by atoms with van der Waals surface area (Å²) < 4.78 is 5.58. The third-order valence-electron chi connectivity index (χ3n) is 3.12. The summed E-state index contributed by atoms with van der Waals surface area (Å²) in [6.07, 6.45) is 3.30. The van der Waals surface area contributed by atoms with E-state index in [-0.39, 0.29) is 12.5 Å². The third-order valence-corrected chi connectivity index (χ3v) is 3.88. The lowest BCUT2D eigenvalue weighted by Crippen LogP contribution is -2.31. The van der Waals surface area contributed by atoms with Crippen molar-refractivity contribution in [2.75, 3.05) is 11.5 Å². The van der Waals surface area contributed by atoms with Crippen LogP contribution in [0.3, 0.4) is 0 Å². The van der Waals surface area contributed by atoms with Gasteiger partial charge in [-0.3, -0.25) is 4.79 Å². The van der Waals surface area contributed by atoms with E-state index >= 15 is 0 Å². The second kappa shape index (κ2) is 7.02. The summed E-state index contributed by atoms with van der Waals surface area (Å²) in [6, 6.07) is 13.0. The van der Waals surface area contributed by atoms with Crippen LogP contribution in [0, 0.1) is 6.92 Å². The Morgan fingerprint density at radius 3 is 2.61 bits per heavy atom. The van der Waals surface area contributed by atoms with Crippen molar-refractivity contribution in [3.63, 3.8) is 0 Å². The van der Waals surface area contributed by atoms with Crippen LogP contribution in [0.25, 0.3) is 0 Å². The van der Waals surface area contributed by atoms with E-state index in [0.717, 1.165) is 5.56 Å². The fraction of sp³-hybridized carbons (Fsp3) is 0.118. The molecule has 1 aromatic carbocycles. The lowest BCUT2D eigenvalue weighted by atomic mass is 10.2. The summed E-state index contributed by atoms with van der Waals surface area (Å²) in [5.41, 5.74) is 1.14. The Morgan fingerprint density at radius 2 is 1.96 bits per heavy atom. The molecule has 23 heavy (non-hydrogen) atoms. The van der Waals surface area contributed by atoms with Gasteiger partial charge >= 0.3 is 0 Å². The van der Waals surface area contributed by atoms with Gasteiger partial charge in [0.05, 0.1) is 0 Å². The van der Waals surface area contributed by atoms with E-state index in [2.05, 4.69) is 9.97 Å². The molecule has 0 unspecified atom stereocenters. The van der Waals surface area contributed by atoms with Gasteiger partial charge in [0.15, 0.2) is 11.7 Å². The molecule has 0 aliphatic heterocycles. The summed E-state index contributed by atoms with van der Waals surface area (Å²) >= 11 is 1.38. The van der Waals surface area contributed by atoms with E-state index in [0.29, 0.717) is 16.7 Å². The van der Waals surface area contributed by atoms with E-state index < -0.39 is 0 Å². The number of carbonyl (C=O) groups excluding carboxylic acids is 1. The molecule has 0 N–H and O–H groups in total. The van der Waals surface area contributed by atoms with Gasteiger partial charge in [0.2, 0.25) is 0 Å². The summed E-state index contributed by atoms with van der Waals surface area (Å²) in [6.45, 7) is 1.92. The second-order valence-electron chi connectivity index (χ2n) is 4.83. The van der Waals surface area contributed by atoms with Gasteiger partial charge in [-0.05, 0) is 31.2 Å². The molecule has 2 heterocycles. The number of thiazole rings is 1. The number of carbonyl (C=O) groups is 1. The SMILES string of the molecule is Cc1ccc(OCC(=O)N(c2ccccn2)c2nccs2)cc1. The summed E-state index contributed by atoms with van der Waals surface area (Å²) in [5, 5.41) is 2.39. The number of hydrogen-bond acceptors (Lipinski definition) is 5. The van der Waals surface area contributed by atoms with Gasteiger partial charge in [0.1, 0.15) is 11.6 Å². The zero-order valence-corrected chi connectivity index (χ0v) is 13.4. The molecule has 0 aliphatic carbocycles. The molecule has 6 heteroatoms. The number of nitrogens with zero attached hydrogens (tertiary/aromatic N) is 3. The van der Waals surface area contributed by atoms with E-state index in [1.165, 1.54) is 16.2 Å². The minimum atomic E-state index is -0.223. The molecule has 5 nitrogen and oxygen atoms in total. The molecule has 0 spiro atoms. The molecular formula is C17H15N3O2S. The largest absolute Gasteiger partial charge is 0.484 e. The first-order valence-electron chi connectivity index (χ1n) is 7.07. The van der Waals surface area contributed by atoms with Crippen molar-refractivity contribution in [2.24, 2.45) is 0 Å². The van der Waals surface area contributed by atoms with E-state index in [1.807, 2.05) is 42.6 Å². The van der Waals surface area contributed by atoms with Crippen molar-refractivity contribution in [1.82, 2.24) is 9.97 Å². The lowest BCUT2D eigenvalue weighted by molar-refractivity contribution is -0.119. The summed E-state index contributed by atoms with van der Waals surface area (Å²) in [4.78, 5) is 22.5. The van der Waals surface area contributed by atoms with Crippen LogP contribution in [0.15, 0.2) is 60.2 Å². The quantitative estimate of drug-likeness (QED) is 0.719. The molecule has 0 fully saturated rings. The first kappa shape index (κ1) is 15.2. The van der Waals surface area contributed by atoms with Gasteiger partial charge in [0, 0.05) is 17.8 Å². The van der Waals surface area contributed by atoms with Gasteiger partial charge < -0.3 is 4.74 Å². The predicted molar refractivity (Wildman–Crippen MR) is 90.2 cm³/mol.